The van der Waals surface area contributed by atoms with Crippen LogP contribution in [0.25, 0.3) is 0 Å². The van der Waals surface area contributed by atoms with Crippen LogP contribution < -0.4 is 5.32 Å². The molecule has 0 radical (unpaired) electrons. The molecule has 2 aliphatic rings. The van der Waals surface area contributed by atoms with Crippen molar-refractivity contribution in [3.8, 4) is 0 Å². The van der Waals surface area contributed by atoms with Crippen molar-refractivity contribution in [3.05, 3.63) is 35.9 Å². The van der Waals surface area contributed by atoms with Crippen LogP contribution in [-0.4, -0.2) is 59.3 Å². The number of aliphatic hydroxyl groups is 1. The van der Waals surface area contributed by atoms with E-state index in [2.05, 4.69) is 47.5 Å². The van der Waals surface area contributed by atoms with E-state index >= 15 is 0 Å². The molecule has 2 fully saturated rings. The zero-order chi connectivity index (χ0) is 18.4. The molecule has 144 valence electrons. The summed E-state index contributed by atoms with van der Waals surface area (Å²) in [5.74, 6) is 0.554. The Labute approximate surface area is 157 Å². The molecule has 5 nitrogen and oxygen atoms in total. The van der Waals surface area contributed by atoms with Gasteiger partial charge in [-0.05, 0) is 56.7 Å². The second kappa shape index (κ2) is 8.87. The quantitative estimate of drug-likeness (QED) is 0.821. The Morgan fingerprint density at radius 1 is 1.23 bits per heavy atom. The van der Waals surface area contributed by atoms with Crippen LogP contribution in [0.3, 0.4) is 0 Å². The van der Waals surface area contributed by atoms with E-state index in [1.54, 1.807) is 0 Å². The van der Waals surface area contributed by atoms with Gasteiger partial charge < -0.3 is 15.3 Å². The standard InChI is InChI=1S/C21H33N3O2/c1-2-21(17-25)11-6-12-24(21)20(26)22-15-18-9-13-23(14-10-18)16-19-7-4-3-5-8-19/h3-5,7-8,18,25H,2,6,9-17H2,1H3,(H,22,26). The van der Waals surface area contributed by atoms with E-state index in [-0.39, 0.29) is 18.2 Å². The highest BCUT2D eigenvalue weighted by atomic mass is 16.3. The average Bonchev–Trinajstić information content (AvgIpc) is 3.13. The first-order valence-electron chi connectivity index (χ1n) is 10.1. The Kier molecular flexibility index (Phi) is 6.54. The number of piperidine rings is 1. The summed E-state index contributed by atoms with van der Waals surface area (Å²) in [6, 6.07) is 10.6. The molecule has 0 saturated carbocycles. The summed E-state index contributed by atoms with van der Waals surface area (Å²) in [6.45, 7) is 6.83. The fourth-order valence-corrected chi connectivity index (χ4v) is 4.42. The third-order valence-electron chi connectivity index (χ3n) is 6.29. The van der Waals surface area contributed by atoms with Gasteiger partial charge in [0.05, 0.1) is 12.1 Å². The van der Waals surface area contributed by atoms with E-state index in [1.807, 2.05) is 4.90 Å². The molecule has 2 saturated heterocycles. The lowest BCUT2D eigenvalue weighted by Crippen LogP contribution is -2.54. The van der Waals surface area contributed by atoms with E-state index in [0.717, 1.165) is 64.8 Å². The zero-order valence-electron chi connectivity index (χ0n) is 16.0. The summed E-state index contributed by atoms with van der Waals surface area (Å²) in [5.41, 5.74) is 1.02. The maximum atomic E-state index is 12.6. The van der Waals surface area contributed by atoms with Crippen LogP contribution in [0.15, 0.2) is 30.3 Å². The third kappa shape index (κ3) is 4.38. The van der Waals surface area contributed by atoms with Crippen molar-refractivity contribution in [1.29, 1.82) is 0 Å². The largest absolute Gasteiger partial charge is 0.394 e. The first-order chi connectivity index (χ1) is 12.7. The summed E-state index contributed by atoms with van der Waals surface area (Å²) >= 11 is 0. The van der Waals surface area contributed by atoms with Crippen LogP contribution in [0, 0.1) is 5.92 Å². The van der Waals surface area contributed by atoms with Gasteiger partial charge in [0.1, 0.15) is 0 Å². The molecule has 1 unspecified atom stereocenters. The first-order valence-corrected chi connectivity index (χ1v) is 10.1. The minimum Gasteiger partial charge on any atom is -0.394 e. The van der Waals surface area contributed by atoms with Gasteiger partial charge in [0.15, 0.2) is 0 Å². The molecule has 1 atom stereocenters. The number of likely N-dealkylation sites (tertiary alicyclic amines) is 2. The first kappa shape index (κ1) is 19.2. The SMILES string of the molecule is CCC1(CO)CCCN1C(=O)NCC1CCN(Cc2ccccc2)CC1. The number of rotatable bonds is 6. The topological polar surface area (TPSA) is 55.8 Å². The van der Waals surface area contributed by atoms with E-state index in [4.69, 9.17) is 0 Å². The normalized spacial score (nSPS) is 24.8. The number of benzene rings is 1. The maximum Gasteiger partial charge on any atom is 0.317 e. The van der Waals surface area contributed by atoms with Crippen molar-refractivity contribution in [2.75, 3.05) is 32.8 Å². The minimum atomic E-state index is -0.344. The lowest BCUT2D eigenvalue weighted by Gasteiger charge is -2.37. The van der Waals surface area contributed by atoms with E-state index in [1.165, 1.54) is 5.56 Å². The molecule has 1 aromatic rings. The number of amides is 2. The van der Waals surface area contributed by atoms with Crippen LogP contribution >= 0.6 is 0 Å². The van der Waals surface area contributed by atoms with Gasteiger partial charge in [-0.15, -0.1) is 0 Å². The smallest absolute Gasteiger partial charge is 0.317 e. The van der Waals surface area contributed by atoms with Crippen LogP contribution in [0.1, 0.15) is 44.6 Å². The monoisotopic (exact) mass is 359 g/mol. The third-order valence-corrected chi connectivity index (χ3v) is 6.29. The molecule has 0 bridgehead atoms. The van der Waals surface area contributed by atoms with Gasteiger partial charge in [-0.25, -0.2) is 4.79 Å². The Hall–Kier alpha value is -1.59. The maximum absolute atomic E-state index is 12.6. The van der Waals surface area contributed by atoms with Gasteiger partial charge in [-0.3, -0.25) is 4.90 Å². The van der Waals surface area contributed by atoms with Gasteiger partial charge in [-0.1, -0.05) is 37.3 Å². The molecule has 2 heterocycles. The second-order valence-corrected chi connectivity index (χ2v) is 7.88. The highest BCUT2D eigenvalue weighted by Gasteiger charge is 2.41. The highest BCUT2D eigenvalue weighted by molar-refractivity contribution is 5.75. The van der Waals surface area contributed by atoms with E-state index < -0.39 is 0 Å². The van der Waals surface area contributed by atoms with Gasteiger partial charge in [0.2, 0.25) is 0 Å². The fourth-order valence-electron chi connectivity index (χ4n) is 4.42. The number of carbonyl (C=O) groups is 1. The number of aliphatic hydroxyl groups excluding tert-OH is 1. The summed E-state index contributed by atoms with van der Waals surface area (Å²) < 4.78 is 0. The van der Waals surface area contributed by atoms with E-state index in [0.29, 0.717) is 5.92 Å². The molecule has 5 heteroatoms. The molecule has 0 spiro atoms. The van der Waals surface area contributed by atoms with Crippen molar-refractivity contribution in [1.82, 2.24) is 15.1 Å². The Morgan fingerprint density at radius 3 is 2.62 bits per heavy atom. The van der Waals surface area contributed by atoms with Crippen LogP contribution in [-0.2, 0) is 6.54 Å². The number of hydrogen-bond acceptors (Lipinski definition) is 3. The second-order valence-electron chi connectivity index (χ2n) is 7.88. The Bertz CT molecular complexity index is 566. The summed E-state index contributed by atoms with van der Waals surface area (Å²) in [6.07, 6.45) is 4.97. The average molecular weight is 360 g/mol. The van der Waals surface area contributed by atoms with Crippen molar-refractivity contribution in [2.45, 2.75) is 51.1 Å². The van der Waals surface area contributed by atoms with Crippen molar-refractivity contribution in [3.63, 3.8) is 0 Å². The molecular weight excluding hydrogens is 326 g/mol. The predicted molar refractivity (Wildman–Crippen MR) is 104 cm³/mol. The zero-order valence-corrected chi connectivity index (χ0v) is 16.0. The molecule has 2 aliphatic heterocycles. The number of nitrogens with zero attached hydrogens (tertiary/aromatic N) is 2. The highest BCUT2D eigenvalue weighted by Crippen LogP contribution is 2.32. The Balaban J connectivity index is 1.41. The summed E-state index contributed by atoms with van der Waals surface area (Å²) in [5, 5.41) is 12.9. The minimum absolute atomic E-state index is 0.00474. The molecule has 2 N–H and O–H groups in total. The fraction of sp³-hybridized carbons (Fsp3) is 0.667. The van der Waals surface area contributed by atoms with Crippen LogP contribution in [0.4, 0.5) is 4.79 Å². The number of urea groups is 1. The van der Waals surface area contributed by atoms with Gasteiger partial charge >= 0.3 is 6.03 Å². The van der Waals surface area contributed by atoms with Crippen molar-refractivity contribution < 1.29 is 9.90 Å². The molecule has 3 rings (SSSR count). The van der Waals surface area contributed by atoms with Gasteiger partial charge in [0, 0.05) is 19.6 Å². The Morgan fingerprint density at radius 2 is 1.96 bits per heavy atom. The molecule has 0 aromatic heterocycles. The van der Waals surface area contributed by atoms with Crippen LogP contribution in [0.2, 0.25) is 0 Å². The molecule has 2 amide bonds. The number of nitrogens with one attached hydrogen (secondary N) is 1. The lowest BCUT2D eigenvalue weighted by atomic mass is 9.94. The van der Waals surface area contributed by atoms with Crippen LogP contribution in [0.5, 0.6) is 0 Å². The van der Waals surface area contributed by atoms with Gasteiger partial charge in [-0.2, -0.15) is 0 Å². The number of carbonyl (C=O) groups excluding carboxylic acids is 1. The molecule has 0 aliphatic carbocycles. The van der Waals surface area contributed by atoms with Crippen molar-refractivity contribution in [2.24, 2.45) is 5.92 Å². The number of hydrogen-bond donors (Lipinski definition) is 2. The van der Waals surface area contributed by atoms with Gasteiger partial charge in [0.25, 0.3) is 0 Å². The summed E-state index contributed by atoms with van der Waals surface area (Å²) in [4.78, 5) is 17.0. The molecule has 1 aromatic carbocycles. The molecular formula is C21H33N3O2. The summed E-state index contributed by atoms with van der Waals surface area (Å²) in [7, 11) is 0. The lowest BCUT2D eigenvalue weighted by molar-refractivity contribution is 0.0797. The molecule has 26 heavy (non-hydrogen) atoms. The predicted octanol–water partition coefficient (Wildman–Crippen LogP) is 2.85. The van der Waals surface area contributed by atoms with E-state index in [9.17, 15) is 9.90 Å². The van der Waals surface area contributed by atoms with Crippen molar-refractivity contribution >= 4 is 6.03 Å².